The molecule has 0 unspecified atom stereocenters. The second-order valence-corrected chi connectivity index (χ2v) is 6.71. The van der Waals surface area contributed by atoms with Crippen molar-refractivity contribution >= 4 is 34.9 Å². The van der Waals surface area contributed by atoms with Gasteiger partial charge in [-0.05, 0) is 35.9 Å². The summed E-state index contributed by atoms with van der Waals surface area (Å²) in [5.74, 6) is 0. The van der Waals surface area contributed by atoms with E-state index in [0.717, 1.165) is 30.9 Å². The van der Waals surface area contributed by atoms with E-state index in [2.05, 4.69) is 10.2 Å². The fourth-order valence-electron chi connectivity index (χ4n) is 2.79. The van der Waals surface area contributed by atoms with Crippen LogP contribution in [0.25, 0.3) is 0 Å². The minimum absolute atomic E-state index is 0.0494. The lowest BCUT2D eigenvalue weighted by atomic mass is 10.2. The lowest BCUT2D eigenvalue weighted by Crippen LogP contribution is -2.49. The van der Waals surface area contributed by atoms with Gasteiger partial charge in [0.05, 0.1) is 0 Å². The first-order chi connectivity index (χ1) is 11.6. The van der Waals surface area contributed by atoms with E-state index in [9.17, 15) is 4.79 Å². The number of hydrogen-bond donors (Lipinski definition) is 1. The number of urea groups is 1. The van der Waals surface area contributed by atoms with Crippen LogP contribution in [0.4, 0.5) is 10.5 Å². The van der Waals surface area contributed by atoms with Crippen LogP contribution in [-0.2, 0) is 6.54 Å². The fraction of sp³-hybridized carbons (Fsp3) is 0.278. The maximum Gasteiger partial charge on any atom is 0.321 e. The topological polar surface area (TPSA) is 35.6 Å². The number of anilines is 1. The van der Waals surface area contributed by atoms with Gasteiger partial charge in [-0.1, -0.05) is 41.4 Å². The highest BCUT2D eigenvalue weighted by molar-refractivity contribution is 6.34. The average molecular weight is 364 g/mol. The summed E-state index contributed by atoms with van der Waals surface area (Å²) in [5.41, 5.74) is 1.91. The number of halogens is 2. The molecule has 2 aromatic carbocycles. The van der Waals surface area contributed by atoms with E-state index in [4.69, 9.17) is 23.2 Å². The van der Waals surface area contributed by atoms with Crippen LogP contribution in [0.5, 0.6) is 0 Å². The summed E-state index contributed by atoms with van der Waals surface area (Å²) in [6.45, 7) is 3.84. The molecule has 0 saturated carbocycles. The zero-order valence-corrected chi connectivity index (χ0v) is 14.7. The van der Waals surface area contributed by atoms with Crippen LogP contribution < -0.4 is 5.32 Å². The number of nitrogens with zero attached hydrogens (tertiary/aromatic N) is 2. The minimum Gasteiger partial charge on any atom is -0.322 e. The van der Waals surface area contributed by atoms with Gasteiger partial charge in [0.1, 0.15) is 0 Å². The summed E-state index contributed by atoms with van der Waals surface area (Å²) in [4.78, 5) is 16.4. The van der Waals surface area contributed by atoms with Gasteiger partial charge in [0.2, 0.25) is 0 Å². The van der Waals surface area contributed by atoms with Crippen molar-refractivity contribution in [3.8, 4) is 0 Å². The molecule has 0 aliphatic carbocycles. The molecule has 1 N–H and O–H groups in total. The normalized spacial score (nSPS) is 15.3. The van der Waals surface area contributed by atoms with Crippen molar-refractivity contribution in [2.45, 2.75) is 6.54 Å². The van der Waals surface area contributed by atoms with E-state index in [1.54, 1.807) is 6.07 Å². The highest BCUT2D eigenvalue weighted by Gasteiger charge is 2.21. The van der Waals surface area contributed by atoms with E-state index < -0.39 is 0 Å². The third-order valence-corrected chi connectivity index (χ3v) is 4.45. The van der Waals surface area contributed by atoms with Gasteiger partial charge < -0.3 is 10.2 Å². The molecule has 0 bridgehead atoms. The first-order valence-electron chi connectivity index (χ1n) is 7.88. The summed E-state index contributed by atoms with van der Waals surface area (Å²) in [6, 6.07) is 15.1. The van der Waals surface area contributed by atoms with Gasteiger partial charge in [0.15, 0.2) is 0 Å². The smallest absolute Gasteiger partial charge is 0.321 e. The minimum atomic E-state index is -0.0494. The average Bonchev–Trinajstić information content (AvgIpc) is 2.55. The van der Waals surface area contributed by atoms with Crippen LogP contribution in [0.1, 0.15) is 5.56 Å². The van der Waals surface area contributed by atoms with Gasteiger partial charge in [-0.2, -0.15) is 0 Å². The number of rotatable bonds is 3. The van der Waals surface area contributed by atoms with E-state index in [0.29, 0.717) is 23.1 Å². The number of hydrogen-bond acceptors (Lipinski definition) is 2. The Labute approximate surface area is 152 Å². The van der Waals surface area contributed by atoms with Gasteiger partial charge in [0.25, 0.3) is 0 Å². The molecule has 1 aliphatic rings. The van der Waals surface area contributed by atoms with E-state index in [-0.39, 0.29) is 6.03 Å². The first-order valence-corrected chi connectivity index (χ1v) is 8.64. The largest absolute Gasteiger partial charge is 0.322 e. The predicted octanol–water partition coefficient (Wildman–Crippen LogP) is 4.34. The Bertz CT molecular complexity index is 680. The Hall–Kier alpha value is -1.75. The number of nitrogens with one attached hydrogen (secondary N) is 1. The maximum absolute atomic E-state index is 12.3. The third kappa shape index (κ3) is 4.63. The van der Waals surface area contributed by atoms with Crippen LogP contribution in [-0.4, -0.2) is 42.0 Å². The number of benzene rings is 2. The molecule has 1 heterocycles. The molecule has 24 heavy (non-hydrogen) atoms. The fourth-order valence-corrected chi connectivity index (χ4v) is 3.36. The zero-order chi connectivity index (χ0) is 16.9. The quantitative estimate of drug-likeness (QED) is 0.879. The van der Waals surface area contributed by atoms with Gasteiger partial charge in [-0.25, -0.2) is 4.79 Å². The molecule has 0 radical (unpaired) electrons. The summed E-state index contributed by atoms with van der Waals surface area (Å²) >= 11 is 12.1. The summed E-state index contributed by atoms with van der Waals surface area (Å²) in [5, 5.41) is 4.23. The number of piperazine rings is 1. The second kappa shape index (κ2) is 7.88. The second-order valence-electron chi connectivity index (χ2n) is 5.84. The predicted molar refractivity (Wildman–Crippen MR) is 98.8 cm³/mol. The van der Waals surface area contributed by atoms with Crippen molar-refractivity contribution in [3.63, 3.8) is 0 Å². The van der Waals surface area contributed by atoms with Gasteiger partial charge in [-0.15, -0.1) is 0 Å². The molecule has 126 valence electrons. The van der Waals surface area contributed by atoms with E-state index in [1.165, 1.54) is 0 Å². The molecule has 3 rings (SSSR count). The Morgan fingerprint density at radius 1 is 0.958 bits per heavy atom. The number of amides is 2. The molecule has 1 fully saturated rings. The van der Waals surface area contributed by atoms with E-state index in [1.807, 2.05) is 47.4 Å². The first kappa shape index (κ1) is 17.1. The van der Waals surface area contributed by atoms with Gasteiger partial charge >= 0.3 is 6.03 Å². The van der Waals surface area contributed by atoms with Crippen molar-refractivity contribution in [2.24, 2.45) is 0 Å². The molecule has 2 aromatic rings. The molecule has 0 aromatic heterocycles. The van der Waals surface area contributed by atoms with E-state index >= 15 is 0 Å². The molecular formula is C18H19Cl2N3O. The Kier molecular flexibility index (Phi) is 5.61. The molecule has 0 atom stereocenters. The monoisotopic (exact) mass is 363 g/mol. The Morgan fingerprint density at radius 3 is 2.21 bits per heavy atom. The molecule has 0 spiro atoms. The number of carbonyl (C=O) groups is 1. The molecule has 1 aliphatic heterocycles. The van der Waals surface area contributed by atoms with Crippen molar-refractivity contribution in [1.82, 2.24) is 9.80 Å². The van der Waals surface area contributed by atoms with Crippen LogP contribution in [0.3, 0.4) is 0 Å². The summed E-state index contributed by atoms with van der Waals surface area (Å²) < 4.78 is 0. The molecule has 2 amide bonds. The summed E-state index contributed by atoms with van der Waals surface area (Å²) in [7, 11) is 0. The number of para-hydroxylation sites is 1. The van der Waals surface area contributed by atoms with Crippen molar-refractivity contribution in [1.29, 1.82) is 0 Å². The molecule has 6 heteroatoms. The van der Waals surface area contributed by atoms with Gasteiger partial charge in [-0.3, -0.25) is 4.90 Å². The Morgan fingerprint density at radius 2 is 1.58 bits per heavy atom. The lowest BCUT2D eigenvalue weighted by molar-refractivity contribution is 0.143. The van der Waals surface area contributed by atoms with Crippen molar-refractivity contribution in [2.75, 3.05) is 31.5 Å². The lowest BCUT2D eigenvalue weighted by Gasteiger charge is -2.34. The highest BCUT2D eigenvalue weighted by atomic mass is 35.5. The molecule has 4 nitrogen and oxygen atoms in total. The standard InChI is InChI=1S/C18H19Cl2N3O/c19-15-10-14(11-16(20)12-15)13-22-6-8-23(9-7-22)18(24)21-17-4-2-1-3-5-17/h1-5,10-12H,6-9,13H2,(H,21,24). The third-order valence-electron chi connectivity index (χ3n) is 4.01. The van der Waals surface area contributed by atoms with Crippen LogP contribution in [0.2, 0.25) is 10.0 Å². The van der Waals surface area contributed by atoms with Crippen molar-refractivity contribution in [3.05, 3.63) is 64.1 Å². The zero-order valence-electron chi connectivity index (χ0n) is 13.2. The highest BCUT2D eigenvalue weighted by Crippen LogP contribution is 2.20. The Balaban J connectivity index is 1.51. The van der Waals surface area contributed by atoms with Crippen molar-refractivity contribution < 1.29 is 4.79 Å². The molecule has 1 saturated heterocycles. The molecular weight excluding hydrogens is 345 g/mol. The maximum atomic E-state index is 12.3. The van der Waals surface area contributed by atoms with Crippen LogP contribution >= 0.6 is 23.2 Å². The van der Waals surface area contributed by atoms with Crippen LogP contribution in [0, 0.1) is 0 Å². The van der Waals surface area contributed by atoms with Crippen LogP contribution in [0.15, 0.2) is 48.5 Å². The summed E-state index contributed by atoms with van der Waals surface area (Å²) in [6.07, 6.45) is 0. The SMILES string of the molecule is O=C(Nc1ccccc1)N1CCN(Cc2cc(Cl)cc(Cl)c2)CC1. The van der Waals surface area contributed by atoms with Gasteiger partial charge in [0, 0.05) is 48.5 Å². The number of carbonyl (C=O) groups excluding carboxylic acids is 1.